The van der Waals surface area contributed by atoms with Crippen molar-refractivity contribution in [2.24, 2.45) is 0 Å². The van der Waals surface area contributed by atoms with Gasteiger partial charge in [0.1, 0.15) is 5.82 Å². The Morgan fingerprint density at radius 3 is 2.57 bits per heavy atom. The minimum absolute atomic E-state index is 0.0719. The number of aromatic nitrogens is 1. The molecule has 23 heavy (non-hydrogen) atoms. The van der Waals surface area contributed by atoms with E-state index in [2.05, 4.69) is 20.4 Å². The molecular formula is C14H11ClF3N3O2. The lowest BCUT2D eigenvalue weighted by atomic mass is 10.2. The first-order valence-corrected chi connectivity index (χ1v) is 6.62. The molecule has 0 bridgehead atoms. The second-order valence-corrected chi connectivity index (χ2v) is 4.77. The fourth-order valence-electron chi connectivity index (χ4n) is 1.65. The summed E-state index contributed by atoms with van der Waals surface area (Å²) in [5.74, 6) is 0.265. The van der Waals surface area contributed by atoms with Crippen molar-refractivity contribution in [2.45, 2.75) is 6.18 Å². The number of benzene rings is 1. The van der Waals surface area contributed by atoms with Crippen molar-refractivity contribution in [1.29, 1.82) is 0 Å². The zero-order valence-electron chi connectivity index (χ0n) is 11.7. The summed E-state index contributed by atoms with van der Waals surface area (Å²) in [7, 11) is 1.22. The molecule has 5 nitrogen and oxygen atoms in total. The molecular weight excluding hydrogens is 335 g/mol. The predicted molar refractivity (Wildman–Crippen MR) is 80.0 cm³/mol. The van der Waals surface area contributed by atoms with Gasteiger partial charge in [-0.1, -0.05) is 11.6 Å². The molecule has 9 heteroatoms. The van der Waals surface area contributed by atoms with E-state index in [9.17, 15) is 18.0 Å². The normalized spacial score (nSPS) is 11.0. The Kier molecular flexibility index (Phi) is 4.95. The fraction of sp³-hybridized carbons (Fsp3) is 0.143. The number of nitrogens with zero attached hydrogens (tertiary/aromatic N) is 1. The van der Waals surface area contributed by atoms with Crippen molar-refractivity contribution in [2.75, 3.05) is 17.7 Å². The summed E-state index contributed by atoms with van der Waals surface area (Å²) in [6, 6.07) is 5.92. The smallest absolute Gasteiger partial charge is 0.416 e. The Balaban J connectivity index is 2.17. The van der Waals surface area contributed by atoms with Crippen LogP contribution in [0.1, 0.15) is 5.56 Å². The second kappa shape index (κ2) is 6.74. The van der Waals surface area contributed by atoms with Crippen LogP contribution in [-0.4, -0.2) is 18.2 Å². The zero-order chi connectivity index (χ0) is 17.0. The second-order valence-electron chi connectivity index (χ2n) is 4.37. The summed E-state index contributed by atoms with van der Waals surface area (Å²) < 4.78 is 42.5. The van der Waals surface area contributed by atoms with Crippen LogP contribution in [0, 0.1) is 0 Å². The average molecular weight is 346 g/mol. The number of hydrogen-bond acceptors (Lipinski definition) is 4. The third-order valence-electron chi connectivity index (χ3n) is 2.75. The molecule has 1 aromatic heterocycles. The Morgan fingerprint density at radius 2 is 2.00 bits per heavy atom. The summed E-state index contributed by atoms with van der Waals surface area (Å²) in [6.45, 7) is 0. The summed E-state index contributed by atoms with van der Waals surface area (Å²) >= 11 is 5.88. The van der Waals surface area contributed by atoms with Gasteiger partial charge in [0.25, 0.3) is 0 Å². The SMILES string of the molecule is COC(=O)Nc1ccc(Nc2cc(C(F)(F)F)ccc2Cl)nc1. The minimum Gasteiger partial charge on any atom is -0.453 e. The standard InChI is InChI=1S/C14H11ClF3N3O2/c1-23-13(22)20-9-3-5-12(19-7-9)21-11-6-8(14(16,17)18)2-4-10(11)15/h2-7H,1H3,(H,19,21)(H,20,22). The van der Waals surface area contributed by atoms with Crippen molar-refractivity contribution >= 4 is 34.9 Å². The molecule has 2 N–H and O–H groups in total. The molecule has 0 atom stereocenters. The predicted octanol–water partition coefficient (Wildman–Crippen LogP) is 4.68. The molecule has 0 aliphatic carbocycles. The number of rotatable bonds is 3. The molecule has 0 unspecified atom stereocenters. The Hall–Kier alpha value is -2.48. The Bertz CT molecular complexity index is 705. The largest absolute Gasteiger partial charge is 0.453 e. The van der Waals surface area contributed by atoms with Gasteiger partial charge in [-0.2, -0.15) is 13.2 Å². The first-order valence-electron chi connectivity index (χ1n) is 6.24. The summed E-state index contributed by atoms with van der Waals surface area (Å²) in [4.78, 5) is 15.0. The average Bonchev–Trinajstić information content (AvgIpc) is 2.50. The number of ether oxygens (including phenoxy) is 1. The van der Waals surface area contributed by atoms with Crippen LogP contribution in [0.4, 0.5) is 35.2 Å². The lowest BCUT2D eigenvalue weighted by Crippen LogP contribution is -2.11. The van der Waals surface area contributed by atoms with Crippen molar-refractivity contribution in [3.8, 4) is 0 Å². The number of alkyl halides is 3. The number of methoxy groups -OCH3 is 1. The number of carbonyl (C=O) groups is 1. The summed E-state index contributed by atoms with van der Waals surface area (Å²) in [5, 5.41) is 5.21. The highest BCUT2D eigenvalue weighted by Crippen LogP contribution is 2.34. The van der Waals surface area contributed by atoms with Crippen LogP contribution in [0.2, 0.25) is 5.02 Å². The van der Waals surface area contributed by atoms with Gasteiger partial charge in [0.05, 0.1) is 35.3 Å². The molecule has 0 saturated heterocycles. The minimum atomic E-state index is -4.47. The van der Waals surface area contributed by atoms with E-state index in [1.807, 2.05) is 0 Å². The highest BCUT2D eigenvalue weighted by atomic mass is 35.5. The quantitative estimate of drug-likeness (QED) is 0.848. The van der Waals surface area contributed by atoms with Crippen LogP contribution in [0.25, 0.3) is 0 Å². The zero-order valence-corrected chi connectivity index (χ0v) is 12.5. The van der Waals surface area contributed by atoms with E-state index in [1.165, 1.54) is 25.4 Å². The molecule has 0 fully saturated rings. The molecule has 2 aromatic rings. The lowest BCUT2D eigenvalue weighted by molar-refractivity contribution is -0.137. The van der Waals surface area contributed by atoms with Crippen molar-refractivity contribution in [3.63, 3.8) is 0 Å². The topological polar surface area (TPSA) is 63.2 Å². The van der Waals surface area contributed by atoms with E-state index in [4.69, 9.17) is 11.6 Å². The van der Waals surface area contributed by atoms with Crippen LogP contribution >= 0.6 is 11.6 Å². The maximum Gasteiger partial charge on any atom is 0.416 e. The van der Waals surface area contributed by atoms with E-state index in [0.717, 1.165) is 18.2 Å². The van der Waals surface area contributed by atoms with Crippen molar-refractivity contribution in [3.05, 3.63) is 47.1 Å². The first-order chi connectivity index (χ1) is 10.8. The molecule has 122 valence electrons. The van der Waals surface area contributed by atoms with E-state index < -0.39 is 17.8 Å². The fourth-order valence-corrected chi connectivity index (χ4v) is 1.81. The molecule has 1 amide bonds. The van der Waals surface area contributed by atoms with E-state index in [-0.39, 0.29) is 16.5 Å². The van der Waals surface area contributed by atoms with Gasteiger partial charge in [0, 0.05) is 0 Å². The third-order valence-corrected chi connectivity index (χ3v) is 3.08. The first kappa shape index (κ1) is 16.9. The van der Waals surface area contributed by atoms with Gasteiger partial charge < -0.3 is 10.1 Å². The molecule has 0 radical (unpaired) electrons. The monoisotopic (exact) mass is 345 g/mol. The van der Waals surface area contributed by atoms with Gasteiger partial charge in [-0.3, -0.25) is 5.32 Å². The molecule has 0 spiro atoms. The van der Waals surface area contributed by atoms with E-state index in [0.29, 0.717) is 5.69 Å². The highest BCUT2D eigenvalue weighted by Gasteiger charge is 2.31. The number of halogens is 4. The maximum absolute atomic E-state index is 12.7. The number of hydrogen-bond donors (Lipinski definition) is 2. The Labute approximate surface area is 134 Å². The van der Waals surface area contributed by atoms with Gasteiger partial charge in [0.2, 0.25) is 0 Å². The van der Waals surface area contributed by atoms with E-state index >= 15 is 0 Å². The maximum atomic E-state index is 12.7. The van der Waals surface area contributed by atoms with Crippen molar-refractivity contribution in [1.82, 2.24) is 4.98 Å². The molecule has 0 aliphatic heterocycles. The van der Waals surface area contributed by atoms with Crippen LogP contribution in [0.5, 0.6) is 0 Å². The summed E-state index contributed by atoms with van der Waals surface area (Å²) in [6.07, 6.45) is -3.81. The number of amides is 1. The molecule has 1 aromatic carbocycles. The number of nitrogens with one attached hydrogen (secondary N) is 2. The lowest BCUT2D eigenvalue weighted by Gasteiger charge is -2.12. The number of anilines is 3. The van der Waals surface area contributed by atoms with Gasteiger partial charge in [-0.05, 0) is 30.3 Å². The Morgan fingerprint density at radius 1 is 1.26 bits per heavy atom. The van der Waals surface area contributed by atoms with E-state index in [1.54, 1.807) is 0 Å². The number of carbonyl (C=O) groups excluding carboxylic acids is 1. The molecule has 2 rings (SSSR count). The van der Waals surface area contributed by atoms with Crippen LogP contribution in [0.3, 0.4) is 0 Å². The van der Waals surface area contributed by atoms with Crippen LogP contribution in [-0.2, 0) is 10.9 Å². The highest BCUT2D eigenvalue weighted by molar-refractivity contribution is 6.33. The van der Waals surface area contributed by atoms with Crippen LogP contribution < -0.4 is 10.6 Å². The van der Waals surface area contributed by atoms with Crippen molar-refractivity contribution < 1.29 is 22.7 Å². The van der Waals surface area contributed by atoms with Gasteiger partial charge in [-0.25, -0.2) is 9.78 Å². The third kappa shape index (κ3) is 4.49. The molecule has 1 heterocycles. The summed E-state index contributed by atoms with van der Waals surface area (Å²) in [5.41, 5.74) is -0.381. The molecule has 0 aliphatic rings. The van der Waals surface area contributed by atoms with Crippen LogP contribution in [0.15, 0.2) is 36.5 Å². The van der Waals surface area contributed by atoms with Gasteiger partial charge >= 0.3 is 12.3 Å². The van der Waals surface area contributed by atoms with Gasteiger partial charge in [0.15, 0.2) is 0 Å². The van der Waals surface area contributed by atoms with Gasteiger partial charge in [-0.15, -0.1) is 0 Å². The number of pyridine rings is 1. The molecule has 0 saturated carbocycles.